The fourth-order valence-corrected chi connectivity index (χ4v) is 4.34. The summed E-state index contributed by atoms with van der Waals surface area (Å²) in [7, 11) is 1.52. The maximum Gasteiger partial charge on any atom is 0.299 e. The smallest absolute Gasteiger partial charge is 0.299 e. The third-order valence-electron chi connectivity index (χ3n) is 5.83. The molecule has 10 heteroatoms. The van der Waals surface area contributed by atoms with Crippen LogP contribution in [0.2, 0.25) is 10.0 Å². The Kier molecular flexibility index (Phi) is 6.79. The van der Waals surface area contributed by atoms with Crippen LogP contribution in [0.5, 0.6) is 5.75 Å². The lowest BCUT2D eigenvalue weighted by molar-refractivity contribution is 0.414. The second-order valence-corrected chi connectivity index (χ2v) is 8.87. The van der Waals surface area contributed by atoms with Gasteiger partial charge in [0, 0.05) is 26.6 Å². The number of rotatable bonds is 5. The van der Waals surface area contributed by atoms with Crippen molar-refractivity contribution in [2.45, 2.75) is 0 Å². The van der Waals surface area contributed by atoms with Crippen molar-refractivity contribution >= 4 is 40.3 Å². The normalized spacial score (nSPS) is 11.1. The Hall–Kier alpha value is -4.71. The van der Waals surface area contributed by atoms with Crippen LogP contribution in [0.3, 0.4) is 0 Å². The van der Waals surface area contributed by atoms with Crippen molar-refractivity contribution in [3.8, 4) is 28.8 Å². The lowest BCUT2D eigenvalue weighted by atomic mass is 10.1. The van der Waals surface area contributed by atoms with Gasteiger partial charge in [0.05, 0.1) is 24.7 Å². The molecule has 5 aromatic rings. The van der Waals surface area contributed by atoms with E-state index in [1.54, 1.807) is 72.8 Å². The van der Waals surface area contributed by atoms with Gasteiger partial charge in [-0.05, 0) is 42.5 Å². The Morgan fingerprint density at radius 3 is 2.29 bits per heavy atom. The van der Waals surface area contributed by atoms with Crippen molar-refractivity contribution in [1.29, 1.82) is 5.26 Å². The number of hydrogen-bond acceptors (Lipinski definition) is 6. The maximum absolute atomic E-state index is 13.9. The van der Waals surface area contributed by atoms with Crippen LogP contribution in [0.1, 0.15) is 11.1 Å². The Bertz CT molecular complexity index is 1890. The van der Waals surface area contributed by atoms with Gasteiger partial charge >= 0.3 is 0 Å². The predicted molar refractivity (Wildman–Crippen MR) is 148 cm³/mol. The van der Waals surface area contributed by atoms with Crippen molar-refractivity contribution < 1.29 is 4.74 Å². The number of benzene rings is 3. The summed E-state index contributed by atoms with van der Waals surface area (Å²) in [6, 6.07) is 23.9. The molecule has 0 aliphatic carbocycles. The van der Waals surface area contributed by atoms with Crippen LogP contribution in [-0.4, -0.2) is 27.8 Å². The van der Waals surface area contributed by atoms with Crippen molar-refractivity contribution in [2.24, 2.45) is 5.10 Å². The quantitative estimate of drug-likeness (QED) is 0.281. The van der Waals surface area contributed by atoms with E-state index in [1.807, 2.05) is 6.07 Å². The molecule has 3 aromatic carbocycles. The van der Waals surface area contributed by atoms with Gasteiger partial charge in [-0.3, -0.25) is 9.59 Å². The molecule has 0 unspecified atom stereocenters. The van der Waals surface area contributed by atoms with Crippen LogP contribution in [0.25, 0.3) is 27.8 Å². The molecule has 5 rings (SSSR count). The van der Waals surface area contributed by atoms with Crippen LogP contribution in [-0.2, 0) is 0 Å². The largest absolute Gasteiger partial charge is 0.497 e. The van der Waals surface area contributed by atoms with Crippen molar-refractivity contribution in [3.63, 3.8) is 0 Å². The molecular weight excluding hydrogens is 525 g/mol. The monoisotopic (exact) mass is 541 g/mol. The Balaban J connectivity index is 1.84. The van der Waals surface area contributed by atoms with Gasteiger partial charge in [-0.15, -0.1) is 0 Å². The number of hydrogen-bond donors (Lipinski definition) is 0. The number of methoxy groups -OCH3 is 1. The van der Waals surface area contributed by atoms with Crippen molar-refractivity contribution in [3.05, 3.63) is 121 Å². The lowest BCUT2D eigenvalue weighted by Crippen LogP contribution is -2.29. The minimum absolute atomic E-state index is 0.0892. The van der Waals surface area contributed by atoms with Gasteiger partial charge in [0.15, 0.2) is 5.52 Å². The molecule has 0 atom stereocenters. The average Bonchev–Trinajstić information content (AvgIpc) is 2.93. The van der Waals surface area contributed by atoms with Gasteiger partial charge in [0.1, 0.15) is 17.4 Å². The summed E-state index contributed by atoms with van der Waals surface area (Å²) in [5, 5.41) is 19.6. The van der Waals surface area contributed by atoms with E-state index in [-0.39, 0.29) is 22.2 Å². The van der Waals surface area contributed by atoms with E-state index in [2.05, 4.69) is 10.2 Å². The zero-order chi connectivity index (χ0) is 26.8. The van der Waals surface area contributed by atoms with Crippen LogP contribution in [0.4, 0.5) is 0 Å². The summed E-state index contributed by atoms with van der Waals surface area (Å²) in [4.78, 5) is 27.2. The van der Waals surface area contributed by atoms with Gasteiger partial charge < -0.3 is 4.74 Å². The summed E-state index contributed by atoms with van der Waals surface area (Å²) in [5.41, 5.74) is 0.00746. The number of nitriles is 1. The molecule has 0 amide bonds. The zero-order valence-electron chi connectivity index (χ0n) is 19.8. The predicted octanol–water partition coefficient (Wildman–Crippen LogP) is 5.28. The second-order valence-electron chi connectivity index (χ2n) is 8.06. The molecule has 0 bridgehead atoms. The van der Waals surface area contributed by atoms with Gasteiger partial charge in [-0.25, -0.2) is 0 Å². The zero-order valence-corrected chi connectivity index (χ0v) is 21.3. The number of nitrogens with zero attached hydrogens (tertiary/aromatic N) is 5. The molecule has 0 aliphatic heterocycles. The number of ether oxygens (including phenoxy) is 1. The van der Waals surface area contributed by atoms with E-state index in [1.165, 1.54) is 19.4 Å². The van der Waals surface area contributed by atoms with Gasteiger partial charge in [0.2, 0.25) is 0 Å². The van der Waals surface area contributed by atoms with Crippen molar-refractivity contribution in [2.75, 3.05) is 7.11 Å². The number of fused-ring (bicyclic) bond motifs is 1. The first-order valence-electron chi connectivity index (χ1n) is 11.2. The van der Waals surface area contributed by atoms with Crippen LogP contribution >= 0.6 is 23.2 Å². The molecule has 2 aromatic heterocycles. The second kappa shape index (κ2) is 10.3. The number of aromatic nitrogens is 3. The minimum Gasteiger partial charge on any atom is -0.497 e. The van der Waals surface area contributed by atoms with Gasteiger partial charge in [0.25, 0.3) is 11.1 Å². The standard InChI is InChI=1S/C28H17Cl2N5O3/c1-38-19-12-10-18(11-13-19)34-27(36)22(15-31)21-14-25(20-7-3-5-9-24(20)30)35(28(37)26(21)33-34)32-16-17-6-2-4-8-23(17)29/h2-14,16H,1H3. The van der Waals surface area contributed by atoms with E-state index in [4.69, 9.17) is 27.9 Å². The van der Waals surface area contributed by atoms with Gasteiger partial charge in [-0.2, -0.15) is 24.8 Å². The summed E-state index contributed by atoms with van der Waals surface area (Å²) < 4.78 is 7.31. The fourth-order valence-electron chi connectivity index (χ4n) is 3.93. The highest BCUT2D eigenvalue weighted by molar-refractivity contribution is 6.33. The first kappa shape index (κ1) is 25.0. The van der Waals surface area contributed by atoms with Crippen LogP contribution < -0.4 is 15.9 Å². The topological polar surface area (TPSA) is 102 Å². The molecule has 2 heterocycles. The molecule has 0 aliphatic rings. The Morgan fingerprint density at radius 2 is 1.63 bits per heavy atom. The SMILES string of the molecule is COc1ccc(-n2nc3c(=O)n(N=Cc4ccccc4Cl)c(-c4ccccc4Cl)cc3c(C#N)c2=O)cc1. The molecule has 0 spiro atoms. The van der Waals surface area contributed by atoms with E-state index in [9.17, 15) is 14.9 Å². The average molecular weight is 542 g/mol. The molecule has 8 nitrogen and oxygen atoms in total. The van der Waals surface area contributed by atoms with E-state index < -0.39 is 11.1 Å². The summed E-state index contributed by atoms with van der Waals surface area (Å²) in [5.74, 6) is 0.573. The molecular formula is C28H17Cl2N5O3. The maximum atomic E-state index is 13.9. The van der Waals surface area contributed by atoms with Crippen LogP contribution in [0, 0.1) is 11.3 Å². The highest BCUT2D eigenvalue weighted by atomic mass is 35.5. The fraction of sp³-hybridized carbons (Fsp3) is 0.0357. The molecule has 0 radical (unpaired) electrons. The highest BCUT2D eigenvalue weighted by Crippen LogP contribution is 2.29. The molecule has 0 saturated carbocycles. The lowest BCUT2D eigenvalue weighted by Gasteiger charge is -2.13. The van der Waals surface area contributed by atoms with E-state index in [0.717, 1.165) is 9.36 Å². The summed E-state index contributed by atoms with van der Waals surface area (Å²) in [6.45, 7) is 0. The molecule has 0 N–H and O–H groups in total. The Morgan fingerprint density at radius 1 is 0.947 bits per heavy atom. The summed E-state index contributed by atoms with van der Waals surface area (Å²) >= 11 is 12.7. The van der Waals surface area contributed by atoms with E-state index >= 15 is 0 Å². The van der Waals surface area contributed by atoms with E-state index in [0.29, 0.717) is 32.6 Å². The molecule has 38 heavy (non-hydrogen) atoms. The molecule has 0 saturated heterocycles. The third kappa shape index (κ3) is 4.45. The highest BCUT2D eigenvalue weighted by Gasteiger charge is 2.20. The van der Waals surface area contributed by atoms with Gasteiger partial charge in [-0.1, -0.05) is 59.6 Å². The van der Waals surface area contributed by atoms with Crippen molar-refractivity contribution in [1.82, 2.24) is 14.5 Å². The first-order chi connectivity index (χ1) is 18.4. The van der Waals surface area contributed by atoms with Crippen LogP contribution in [0.15, 0.2) is 93.6 Å². The minimum atomic E-state index is -0.674. The molecule has 0 fully saturated rings. The Labute approximate surface area is 226 Å². The third-order valence-corrected chi connectivity index (χ3v) is 6.50. The number of halogens is 2. The molecule has 186 valence electrons. The first-order valence-corrected chi connectivity index (χ1v) is 12.0. The summed E-state index contributed by atoms with van der Waals surface area (Å²) in [6.07, 6.45) is 1.45. The number of pyridine rings is 1.